The maximum absolute atomic E-state index is 13.1. The second kappa shape index (κ2) is 4.76. The number of benzene rings is 1. The van der Waals surface area contributed by atoms with Gasteiger partial charge in [0.2, 0.25) is 0 Å². The van der Waals surface area contributed by atoms with Crippen LogP contribution in [0, 0.1) is 11.7 Å². The maximum atomic E-state index is 13.1. The van der Waals surface area contributed by atoms with Crippen LogP contribution in [0.15, 0.2) is 18.2 Å². The zero-order chi connectivity index (χ0) is 13.6. The number of carboxylic acid groups (broad SMARTS) is 1. The van der Waals surface area contributed by atoms with Crippen LogP contribution in [0.3, 0.4) is 0 Å². The topological polar surface area (TPSA) is 40.5 Å². The zero-order valence-corrected chi connectivity index (χ0v) is 11.1. The van der Waals surface area contributed by atoms with E-state index in [0.29, 0.717) is 12.6 Å². The average molecular weight is 284 g/mol. The lowest BCUT2D eigenvalue weighted by molar-refractivity contribution is -0.142. The van der Waals surface area contributed by atoms with Gasteiger partial charge in [0.1, 0.15) is 5.82 Å². The van der Waals surface area contributed by atoms with Crippen molar-refractivity contribution in [1.82, 2.24) is 4.90 Å². The number of carboxylic acids is 1. The molecule has 2 fully saturated rings. The minimum atomic E-state index is -0.700. The monoisotopic (exact) mass is 283 g/mol. The number of carbonyl (C=O) groups is 1. The number of hydrogen-bond donors (Lipinski definition) is 1. The van der Waals surface area contributed by atoms with Crippen molar-refractivity contribution in [3.8, 4) is 0 Å². The molecule has 19 heavy (non-hydrogen) atoms. The standard InChI is InChI=1S/C14H15ClFNO2/c15-11-5-8(1-3-12(11)16)7-17-9-2-4-13(17)10(6-9)14(18)19/h1,3,5,9-10,13H,2,4,6-7H2,(H,18,19). The molecule has 3 atom stereocenters. The van der Waals surface area contributed by atoms with Crippen molar-refractivity contribution in [2.45, 2.75) is 37.9 Å². The number of halogens is 2. The summed E-state index contributed by atoms with van der Waals surface area (Å²) in [6.45, 7) is 0.652. The lowest BCUT2D eigenvalue weighted by Gasteiger charge is -2.22. The van der Waals surface area contributed by atoms with Gasteiger partial charge in [0, 0.05) is 18.6 Å². The molecule has 0 radical (unpaired) electrons. The zero-order valence-electron chi connectivity index (χ0n) is 10.4. The van der Waals surface area contributed by atoms with E-state index in [0.717, 1.165) is 24.8 Å². The van der Waals surface area contributed by atoms with Gasteiger partial charge in [-0.25, -0.2) is 4.39 Å². The highest BCUT2D eigenvalue weighted by Gasteiger charge is 2.48. The summed E-state index contributed by atoms with van der Waals surface area (Å²) < 4.78 is 13.1. The minimum Gasteiger partial charge on any atom is -0.481 e. The predicted molar refractivity (Wildman–Crippen MR) is 69.5 cm³/mol. The molecule has 1 aromatic carbocycles. The molecule has 0 saturated carbocycles. The number of aliphatic carboxylic acids is 1. The molecule has 2 aliphatic heterocycles. The number of rotatable bonds is 3. The summed E-state index contributed by atoms with van der Waals surface area (Å²) in [7, 11) is 0. The molecule has 2 heterocycles. The minimum absolute atomic E-state index is 0.117. The Balaban J connectivity index is 1.77. The summed E-state index contributed by atoms with van der Waals surface area (Å²) in [5.41, 5.74) is 0.939. The Bertz CT molecular complexity index is 522. The van der Waals surface area contributed by atoms with Gasteiger partial charge in [-0.3, -0.25) is 9.69 Å². The molecule has 0 amide bonds. The highest BCUT2D eigenvalue weighted by Crippen LogP contribution is 2.42. The van der Waals surface area contributed by atoms with Crippen LogP contribution in [0.1, 0.15) is 24.8 Å². The molecular formula is C14H15ClFNO2. The Labute approximate surface area is 116 Å². The van der Waals surface area contributed by atoms with E-state index in [9.17, 15) is 14.3 Å². The van der Waals surface area contributed by atoms with Crippen molar-refractivity contribution < 1.29 is 14.3 Å². The van der Waals surface area contributed by atoms with Crippen LogP contribution >= 0.6 is 11.6 Å². The van der Waals surface area contributed by atoms with Gasteiger partial charge >= 0.3 is 5.97 Å². The summed E-state index contributed by atoms with van der Waals surface area (Å²) in [6.07, 6.45) is 2.73. The van der Waals surface area contributed by atoms with E-state index >= 15 is 0 Å². The number of fused-ring (bicyclic) bond motifs is 2. The van der Waals surface area contributed by atoms with Gasteiger partial charge in [-0.1, -0.05) is 17.7 Å². The molecule has 3 rings (SSSR count). The number of nitrogens with zero attached hydrogens (tertiary/aromatic N) is 1. The summed E-state index contributed by atoms with van der Waals surface area (Å²) in [4.78, 5) is 13.4. The molecule has 2 saturated heterocycles. The Morgan fingerprint density at radius 2 is 2.26 bits per heavy atom. The SMILES string of the molecule is O=C(O)C1CC2CCC1N2Cc1ccc(F)c(Cl)c1. The molecule has 3 nitrogen and oxygen atoms in total. The molecule has 102 valence electrons. The first-order valence-corrected chi connectivity index (χ1v) is 6.86. The third-order valence-electron chi connectivity index (χ3n) is 4.35. The van der Waals surface area contributed by atoms with Gasteiger partial charge in [0.15, 0.2) is 0 Å². The predicted octanol–water partition coefficient (Wildman–Crippen LogP) is 2.92. The van der Waals surface area contributed by atoms with Crippen molar-refractivity contribution in [3.05, 3.63) is 34.6 Å². The average Bonchev–Trinajstić information content (AvgIpc) is 2.91. The van der Waals surface area contributed by atoms with E-state index in [1.165, 1.54) is 6.07 Å². The van der Waals surface area contributed by atoms with Gasteiger partial charge < -0.3 is 5.11 Å². The first kappa shape index (κ1) is 12.9. The van der Waals surface area contributed by atoms with Gasteiger partial charge in [0.25, 0.3) is 0 Å². The summed E-state index contributed by atoms with van der Waals surface area (Å²) >= 11 is 5.78. The molecule has 0 aromatic heterocycles. The highest BCUT2D eigenvalue weighted by molar-refractivity contribution is 6.30. The van der Waals surface area contributed by atoms with Crippen LogP contribution < -0.4 is 0 Å². The van der Waals surface area contributed by atoms with Crippen molar-refractivity contribution in [2.75, 3.05) is 0 Å². The van der Waals surface area contributed by atoms with E-state index in [4.69, 9.17) is 11.6 Å². The fourth-order valence-corrected chi connectivity index (χ4v) is 3.67. The van der Waals surface area contributed by atoms with E-state index in [1.807, 2.05) is 0 Å². The molecule has 2 aliphatic rings. The quantitative estimate of drug-likeness (QED) is 0.927. The molecule has 1 aromatic rings. The second-order valence-electron chi connectivity index (χ2n) is 5.40. The lowest BCUT2D eigenvalue weighted by atomic mass is 9.89. The van der Waals surface area contributed by atoms with E-state index < -0.39 is 11.8 Å². The molecular weight excluding hydrogens is 269 g/mol. The highest BCUT2D eigenvalue weighted by atomic mass is 35.5. The Morgan fingerprint density at radius 3 is 2.89 bits per heavy atom. The summed E-state index contributed by atoms with van der Waals surface area (Å²) in [5, 5.41) is 9.33. The van der Waals surface area contributed by atoms with Crippen molar-refractivity contribution in [1.29, 1.82) is 0 Å². The van der Waals surface area contributed by atoms with Gasteiger partial charge in [-0.15, -0.1) is 0 Å². The molecule has 5 heteroatoms. The Morgan fingerprint density at radius 1 is 1.47 bits per heavy atom. The van der Waals surface area contributed by atoms with Gasteiger partial charge in [-0.2, -0.15) is 0 Å². The van der Waals surface area contributed by atoms with Crippen LogP contribution in [-0.4, -0.2) is 28.1 Å². The Hall–Kier alpha value is -1.13. The first-order chi connectivity index (χ1) is 9.06. The Kier molecular flexibility index (Phi) is 3.23. The molecule has 2 bridgehead atoms. The molecule has 0 aliphatic carbocycles. The van der Waals surface area contributed by atoms with E-state index in [1.54, 1.807) is 12.1 Å². The van der Waals surface area contributed by atoms with Crippen LogP contribution in [0.25, 0.3) is 0 Å². The van der Waals surface area contributed by atoms with Crippen molar-refractivity contribution in [2.24, 2.45) is 5.92 Å². The third-order valence-corrected chi connectivity index (χ3v) is 4.64. The summed E-state index contributed by atoms with van der Waals surface area (Å²) in [6, 6.07) is 5.17. The van der Waals surface area contributed by atoms with Crippen LogP contribution in [0.5, 0.6) is 0 Å². The fraction of sp³-hybridized carbons (Fsp3) is 0.500. The lowest BCUT2D eigenvalue weighted by Crippen LogP contribution is -2.32. The normalized spacial score (nSPS) is 29.9. The largest absolute Gasteiger partial charge is 0.481 e. The molecule has 0 spiro atoms. The van der Waals surface area contributed by atoms with Crippen LogP contribution in [0.2, 0.25) is 5.02 Å². The van der Waals surface area contributed by atoms with Gasteiger partial charge in [0.05, 0.1) is 10.9 Å². The fourth-order valence-electron chi connectivity index (χ4n) is 3.46. The van der Waals surface area contributed by atoms with E-state index in [-0.39, 0.29) is 17.0 Å². The van der Waals surface area contributed by atoms with Gasteiger partial charge in [-0.05, 0) is 37.0 Å². The maximum Gasteiger partial charge on any atom is 0.308 e. The smallest absolute Gasteiger partial charge is 0.308 e. The van der Waals surface area contributed by atoms with Crippen LogP contribution in [-0.2, 0) is 11.3 Å². The first-order valence-electron chi connectivity index (χ1n) is 6.48. The van der Waals surface area contributed by atoms with Crippen molar-refractivity contribution >= 4 is 17.6 Å². The third kappa shape index (κ3) is 2.23. The molecule has 3 unspecified atom stereocenters. The molecule has 1 N–H and O–H groups in total. The second-order valence-corrected chi connectivity index (χ2v) is 5.81. The number of hydrogen-bond acceptors (Lipinski definition) is 2. The van der Waals surface area contributed by atoms with Crippen molar-refractivity contribution in [3.63, 3.8) is 0 Å². The van der Waals surface area contributed by atoms with Crippen LogP contribution in [0.4, 0.5) is 4.39 Å². The van der Waals surface area contributed by atoms with E-state index in [2.05, 4.69) is 4.90 Å². The summed E-state index contributed by atoms with van der Waals surface area (Å²) in [5.74, 6) is -1.37.